The van der Waals surface area contributed by atoms with Crippen molar-refractivity contribution in [3.8, 4) is 0 Å². The molecule has 1 aliphatic rings. The zero-order valence-corrected chi connectivity index (χ0v) is 8.49. The standard InChI is InChI=1S/C9H15N5/c1-6-8(5-11-14(6)2)9(13-10)12-7-3-4-7/h5,7H,3-4,10H2,1-2H3,(H,12,13). The first-order valence-corrected chi connectivity index (χ1v) is 4.75. The third-order valence-electron chi connectivity index (χ3n) is 2.49. The van der Waals surface area contributed by atoms with Crippen molar-refractivity contribution in [3.63, 3.8) is 0 Å². The number of hydrogen-bond acceptors (Lipinski definition) is 3. The smallest absolute Gasteiger partial charge is 0.146 e. The summed E-state index contributed by atoms with van der Waals surface area (Å²) in [5, 5.41) is 4.15. The molecule has 2 rings (SSSR count). The quantitative estimate of drug-likeness (QED) is 0.303. The Morgan fingerprint density at radius 2 is 2.43 bits per heavy atom. The minimum atomic E-state index is 0.459. The summed E-state index contributed by atoms with van der Waals surface area (Å²) in [5.41, 5.74) is 4.70. The Morgan fingerprint density at radius 1 is 1.71 bits per heavy atom. The summed E-state index contributed by atoms with van der Waals surface area (Å²) >= 11 is 0. The summed E-state index contributed by atoms with van der Waals surface area (Å²) in [6, 6.07) is 0.459. The topological polar surface area (TPSA) is 68.2 Å². The minimum absolute atomic E-state index is 0.459. The molecular formula is C9H15N5. The number of aromatic nitrogens is 2. The Balaban J connectivity index is 2.30. The molecule has 0 spiro atoms. The van der Waals surface area contributed by atoms with E-state index < -0.39 is 0 Å². The molecule has 14 heavy (non-hydrogen) atoms. The molecule has 0 unspecified atom stereocenters. The first kappa shape index (κ1) is 9.21. The van der Waals surface area contributed by atoms with Gasteiger partial charge in [0.2, 0.25) is 0 Å². The van der Waals surface area contributed by atoms with Gasteiger partial charge in [0.15, 0.2) is 0 Å². The molecule has 0 atom stereocenters. The number of nitrogens with one attached hydrogen (secondary N) is 1. The van der Waals surface area contributed by atoms with Gasteiger partial charge < -0.3 is 5.43 Å². The highest BCUT2D eigenvalue weighted by molar-refractivity contribution is 5.99. The fourth-order valence-corrected chi connectivity index (χ4v) is 1.30. The SMILES string of the molecule is Cc1c(C(=NC2CC2)NN)cnn1C. The molecule has 0 bridgehead atoms. The number of hydrogen-bond donors (Lipinski definition) is 2. The largest absolute Gasteiger partial charge is 0.308 e. The van der Waals surface area contributed by atoms with Crippen LogP contribution in [-0.4, -0.2) is 21.7 Å². The van der Waals surface area contributed by atoms with Gasteiger partial charge in [0.1, 0.15) is 5.84 Å². The lowest BCUT2D eigenvalue weighted by Gasteiger charge is -2.04. The summed E-state index contributed by atoms with van der Waals surface area (Å²) in [7, 11) is 1.91. The van der Waals surface area contributed by atoms with Crippen LogP contribution in [0.1, 0.15) is 24.1 Å². The Hall–Kier alpha value is -1.36. The summed E-state index contributed by atoms with van der Waals surface area (Å²) in [6.45, 7) is 2.00. The van der Waals surface area contributed by atoms with Crippen LogP contribution in [0.3, 0.4) is 0 Å². The Bertz CT molecular complexity index is 361. The van der Waals surface area contributed by atoms with Crippen molar-refractivity contribution < 1.29 is 0 Å². The molecule has 0 aromatic carbocycles. The maximum atomic E-state index is 5.44. The Labute approximate surface area is 83.0 Å². The van der Waals surface area contributed by atoms with E-state index in [4.69, 9.17) is 5.84 Å². The molecule has 1 heterocycles. The summed E-state index contributed by atoms with van der Waals surface area (Å²) in [4.78, 5) is 4.48. The number of nitrogens with two attached hydrogens (primary N) is 1. The lowest BCUT2D eigenvalue weighted by Crippen LogP contribution is -2.31. The molecule has 5 nitrogen and oxygen atoms in total. The number of hydrazine groups is 1. The molecule has 3 N–H and O–H groups in total. The van der Waals surface area contributed by atoms with Crippen molar-refractivity contribution in [1.82, 2.24) is 15.2 Å². The van der Waals surface area contributed by atoms with Crippen molar-refractivity contribution in [3.05, 3.63) is 17.5 Å². The van der Waals surface area contributed by atoms with E-state index >= 15 is 0 Å². The summed E-state index contributed by atoms with van der Waals surface area (Å²) < 4.78 is 1.81. The monoisotopic (exact) mass is 193 g/mol. The molecule has 0 aliphatic heterocycles. The van der Waals surface area contributed by atoms with Crippen LogP contribution >= 0.6 is 0 Å². The lowest BCUT2D eigenvalue weighted by molar-refractivity contribution is 0.739. The molecule has 1 aromatic heterocycles. The normalized spacial score (nSPS) is 17.2. The van der Waals surface area contributed by atoms with Crippen LogP contribution in [0.15, 0.2) is 11.2 Å². The van der Waals surface area contributed by atoms with E-state index in [1.165, 1.54) is 12.8 Å². The molecular weight excluding hydrogens is 178 g/mol. The summed E-state index contributed by atoms with van der Waals surface area (Å²) in [5.74, 6) is 6.19. The summed E-state index contributed by atoms with van der Waals surface area (Å²) in [6.07, 6.45) is 4.13. The van der Waals surface area contributed by atoms with E-state index in [1.54, 1.807) is 6.20 Å². The van der Waals surface area contributed by atoms with Gasteiger partial charge in [-0.15, -0.1) is 0 Å². The van der Waals surface area contributed by atoms with Crippen LogP contribution in [0, 0.1) is 6.92 Å². The van der Waals surface area contributed by atoms with E-state index in [-0.39, 0.29) is 0 Å². The van der Waals surface area contributed by atoms with E-state index in [9.17, 15) is 0 Å². The molecule has 76 valence electrons. The van der Waals surface area contributed by atoms with Gasteiger partial charge in [0.25, 0.3) is 0 Å². The fourth-order valence-electron chi connectivity index (χ4n) is 1.30. The van der Waals surface area contributed by atoms with Crippen LogP contribution < -0.4 is 11.3 Å². The number of nitrogens with zero attached hydrogens (tertiary/aromatic N) is 3. The first-order valence-electron chi connectivity index (χ1n) is 4.75. The van der Waals surface area contributed by atoms with Crippen molar-refractivity contribution in [1.29, 1.82) is 0 Å². The van der Waals surface area contributed by atoms with Crippen LogP contribution in [0.5, 0.6) is 0 Å². The molecule has 1 saturated carbocycles. The molecule has 5 heteroatoms. The molecule has 1 aliphatic carbocycles. The number of aliphatic imine (C=N–C) groups is 1. The lowest BCUT2D eigenvalue weighted by atomic mass is 10.2. The second-order valence-corrected chi connectivity index (χ2v) is 3.62. The Morgan fingerprint density at radius 3 is 2.86 bits per heavy atom. The second-order valence-electron chi connectivity index (χ2n) is 3.62. The van der Waals surface area contributed by atoms with Gasteiger partial charge in [-0.1, -0.05) is 0 Å². The van der Waals surface area contributed by atoms with Crippen molar-refractivity contribution in [2.45, 2.75) is 25.8 Å². The van der Waals surface area contributed by atoms with Crippen LogP contribution in [-0.2, 0) is 7.05 Å². The van der Waals surface area contributed by atoms with E-state index in [2.05, 4.69) is 15.5 Å². The average Bonchev–Trinajstić information content (AvgIpc) is 2.94. The van der Waals surface area contributed by atoms with E-state index in [0.29, 0.717) is 6.04 Å². The van der Waals surface area contributed by atoms with Crippen LogP contribution in [0.2, 0.25) is 0 Å². The van der Waals surface area contributed by atoms with Gasteiger partial charge in [-0.25, -0.2) is 5.84 Å². The van der Waals surface area contributed by atoms with Gasteiger partial charge in [-0.3, -0.25) is 9.67 Å². The van der Waals surface area contributed by atoms with Gasteiger partial charge in [0, 0.05) is 12.7 Å². The maximum absolute atomic E-state index is 5.44. The molecule has 1 aromatic rings. The number of rotatable bonds is 2. The molecule has 0 radical (unpaired) electrons. The highest BCUT2D eigenvalue weighted by Gasteiger charge is 2.22. The third-order valence-corrected chi connectivity index (χ3v) is 2.49. The highest BCUT2D eigenvalue weighted by Crippen LogP contribution is 2.24. The fraction of sp³-hybridized carbons (Fsp3) is 0.556. The van der Waals surface area contributed by atoms with Crippen molar-refractivity contribution in [2.24, 2.45) is 17.9 Å². The van der Waals surface area contributed by atoms with Gasteiger partial charge in [0.05, 0.1) is 17.8 Å². The predicted octanol–water partition coefficient (Wildman–Crippen LogP) is 0.101. The van der Waals surface area contributed by atoms with Gasteiger partial charge >= 0.3 is 0 Å². The van der Waals surface area contributed by atoms with Crippen molar-refractivity contribution in [2.75, 3.05) is 0 Å². The minimum Gasteiger partial charge on any atom is -0.308 e. The molecule has 0 amide bonds. The molecule has 0 saturated heterocycles. The highest BCUT2D eigenvalue weighted by atomic mass is 15.3. The van der Waals surface area contributed by atoms with Crippen molar-refractivity contribution >= 4 is 5.84 Å². The average molecular weight is 193 g/mol. The zero-order valence-electron chi connectivity index (χ0n) is 8.49. The first-order chi connectivity index (χ1) is 6.72. The third kappa shape index (κ3) is 1.63. The van der Waals surface area contributed by atoms with Crippen LogP contribution in [0.25, 0.3) is 0 Å². The van der Waals surface area contributed by atoms with E-state index in [0.717, 1.165) is 17.1 Å². The Kier molecular flexibility index (Phi) is 2.25. The van der Waals surface area contributed by atoms with Crippen LogP contribution in [0.4, 0.5) is 0 Å². The number of aryl methyl sites for hydroxylation is 1. The zero-order chi connectivity index (χ0) is 10.1. The van der Waals surface area contributed by atoms with E-state index in [1.807, 2.05) is 18.7 Å². The predicted molar refractivity (Wildman–Crippen MR) is 54.8 cm³/mol. The molecule has 1 fully saturated rings. The van der Waals surface area contributed by atoms with Gasteiger partial charge in [-0.05, 0) is 19.8 Å². The maximum Gasteiger partial charge on any atom is 0.146 e. The second kappa shape index (κ2) is 3.42. The van der Waals surface area contributed by atoms with Gasteiger partial charge in [-0.2, -0.15) is 5.10 Å². The number of amidine groups is 1.